The van der Waals surface area contributed by atoms with Gasteiger partial charge < -0.3 is 9.47 Å². The van der Waals surface area contributed by atoms with Crippen molar-refractivity contribution < 1.29 is 12.8 Å². The number of anilines is 1. The number of pyridine rings is 1. The normalized spacial score (nSPS) is 15.4. The van der Waals surface area contributed by atoms with Gasteiger partial charge in [-0.2, -0.15) is 0 Å². The summed E-state index contributed by atoms with van der Waals surface area (Å²) in [6.07, 6.45) is 4.16. The van der Waals surface area contributed by atoms with Crippen LogP contribution in [0.2, 0.25) is 0 Å². The van der Waals surface area contributed by atoms with Gasteiger partial charge in [-0.25, -0.2) is 12.8 Å². The van der Waals surface area contributed by atoms with Crippen LogP contribution in [0.4, 0.5) is 10.1 Å². The van der Waals surface area contributed by atoms with Crippen molar-refractivity contribution >= 4 is 26.4 Å². The van der Waals surface area contributed by atoms with Crippen LogP contribution in [0, 0.1) is 25.6 Å². The number of sulfone groups is 1. The van der Waals surface area contributed by atoms with E-state index >= 15 is 4.39 Å². The Morgan fingerprint density at radius 3 is 2.39 bits per heavy atom. The monoisotopic (exact) mass is 470 g/mol. The summed E-state index contributed by atoms with van der Waals surface area (Å²) >= 11 is 0. The summed E-state index contributed by atoms with van der Waals surface area (Å²) in [4.78, 5) is 15.1. The molecule has 3 aromatic rings. The number of rotatable bonds is 5. The van der Waals surface area contributed by atoms with E-state index in [0.717, 1.165) is 43.5 Å². The molecule has 0 unspecified atom stereocenters. The number of halogens is 1. The van der Waals surface area contributed by atoms with Crippen molar-refractivity contribution in [3.63, 3.8) is 0 Å². The zero-order chi connectivity index (χ0) is 23.9. The molecule has 0 bridgehead atoms. The molecule has 1 aliphatic heterocycles. The van der Waals surface area contributed by atoms with E-state index in [1.54, 1.807) is 22.8 Å². The smallest absolute Gasteiger partial charge is 0.211 e. The van der Waals surface area contributed by atoms with Crippen molar-refractivity contribution in [1.82, 2.24) is 4.57 Å². The second-order valence-corrected chi connectivity index (χ2v) is 11.2. The summed E-state index contributed by atoms with van der Waals surface area (Å²) in [5.41, 5.74) is 2.18. The molecule has 176 valence electrons. The molecule has 1 saturated heterocycles. The fourth-order valence-electron chi connectivity index (χ4n) is 4.49. The van der Waals surface area contributed by atoms with Gasteiger partial charge in [-0.3, -0.25) is 4.79 Å². The van der Waals surface area contributed by atoms with Crippen molar-refractivity contribution in [2.45, 2.75) is 63.3 Å². The lowest BCUT2D eigenvalue weighted by atomic mass is 9.98. The van der Waals surface area contributed by atoms with Gasteiger partial charge in [0.25, 0.3) is 0 Å². The van der Waals surface area contributed by atoms with Gasteiger partial charge in [0.05, 0.1) is 21.5 Å². The molecule has 0 saturated carbocycles. The average Bonchev–Trinajstić information content (AvgIpc) is 2.78. The molecule has 0 spiro atoms. The molecule has 7 heteroatoms. The Morgan fingerprint density at radius 2 is 1.76 bits per heavy atom. The van der Waals surface area contributed by atoms with Gasteiger partial charge in [0, 0.05) is 25.8 Å². The minimum atomic E-state index is -4.06. The van der Waals surface area contributed by atoms with E-state index in [1.807, 2.05) is 25.7 Å². The summed E-state index contributed by atoms with van der Waals surface area (Å²) in [5.74, 6) is 0.124. The highest BCUT2D eigenvalue weighted by Crippen LogP contribution is 2.30. The summed E-state index contributed by atoms with van der Waals surface area (Å²) in [7, 11) is -4.06. The molecular weight excluding hydrogens is 439 g/mol. The lowest BCUT2D eigenvalue weighted by molar-refractivity contribution is 0.434. The van der Waals surface area contributed by atoms with Crippen molar-refractivity contribution in [2.24, 2.45) is 5.92 Å². The quantitative estimate of drug-likeness (QED) is 0.512. The minimum absolute atomic E-state index is 0.0737. The first-order valence-corrected chi connectivity index (χ1v) is 13.1. The Balaban J connectivity index is 1.91. The zero-order valence-electron chi connectivity index (χ0n) is 19.7. The van der Waals surface area contributed by atoms with Gasteiger partial charge in [0.2, 0.25) is 15.3 Å². The van der Waals surface area contributed by atoms with E-state index < -0.39 is 21.1 Å². The van der Waals surface area contributed by atoms with Gasteiger partial charge >= 0.3 is 0 Å². The van der Waals surface area contributed by atoms with Gasteiger partial charge in [0.1, 0.15) is 10.7 Å². The predicted molar refractivity (Wildman–Crippen MR) is 130 cm³/mol. The summed E-state index contributed by atoms with van der Waals surface area (Å²) in [6, 6.07) is 7.77. The largest absolute Gasteiger partial charge is 0.369 e. The third-order valence-corrected chi connectivity index (χ3v) is 8.53. The first kappa shape index (κ1) is 23.5. The van der Waals surface area contributed by atoms with Crippen molar-refractivity contribution in [2.75, 3.05) is 18.0 Å². The molecule has 4 rings (SSSR count). The maximum atomic E-state index is 15.2. The maximum absolute atomic E-state index is 15.2. The number of aryl methyl sites for hydroxylation is 3. The van der Waals surface area contributed by atoms with E-state index in [1.165, 1.54) is 18.3 Å². The van der Waals surface area contributed by atoms with Crippen LogP contribution in [0.1, 0.15) is 44.2 Å². The fraction of sp³-hybridized carbons (Fsp3) is 0.423. The Morgan fingerprint density at radius 1 is 1.06 bits per heavy atom. The third kappa shape index (κ3) is 4.31. The second kappa shape index (κ2) is 8.93. The number of aromatic nitrogens is 1. The van der Waals surface area contributed by atoms with Gasteiger partial charge in [0.15, 0.2) is 0 Å². The Labute approximate surface area is 194 Å². The van der Waals surface area contributed by atoms with Crippen LogP contribution in [-0.4, -0.2) is 26.1 Å². The van der Waals surface area contributed by atoms with Crippen LogP contribution >= 0.6 is 0 Å². The van der Waals surface area contributed by atoms with Crippen molar-refractivity contribution in [3.05, 3.63) is 63.7 Å². The highest BCUT2D eigenvalue weighted by atomic mass is 32.2. The lowest BCUT2D eigenvalue weighted by Crippen LogP contribution is -2.33. The summed E-state index contributed by atoms with van der Waals surface area (Å²) < 4.78 is 43.9. The standard InChI is InChI=1S/C26H31FN2O3S/c1-5-10-29-16-25(33(31,32)20-7-6-18(3)19(4)13-20)26(30)21-14-22(27)24(15-23(21)29)28-11-8-17(2)9-12-28/h6-7,13-17H,5,8-12H2,1-4H3. The molecular formula is C26H31FN2O3S. The SMILES string of the molecule is CCCn1cc(S(=O)(=O)c2ccc(C)c(C)c2)c(=O)c2cc(F)c(N3CCC(C)CC3)cc21. The van der Waals surface area contributed by atoms with E-state index in [2.05, 4.69) is 6.92 Å². The van der Waals surface area contributed by atoms with Gasteiger partial charge in [-0.15, -0.1) is 0 Å². The first-order chi connectivity index (χ1) is 15.6. The number of hydrogen-bond acceptors (Lipinski definition) is 4. The second-order valence-electron chi connectivity index (χ2n) is 9.26. The molecule has 1 fully saturated rings. The molecule has 5 nitrogen and oxygen atoms in total. The molecule has 2 heterocycles. The molecule has 0 radical (unpaired) electrons. The Hall–Kier alpha value is -2.67. The number of hydrogen-bond donors (Lipinski definition) is 0. The summed E-state index contributed by atoms with van der Waals surface area (Å²) in [5, 5.41) is 0.0972. The predicted octanol–water partition coefficient (Wildman–Crippen LogP) is 5.24. The zero-order valence-corrected chi connectivity index (χ0v) is 20.5. The molecule has 0 aliphatic carbocycles. The highest BCUT2D eigenvalue weighted by Gasteiger charge is 2.26. The first-order valence-electron chi connectivity index (χ1n) is 11.6. The fourth-order valence-corrected chi connectivity index (χ4v) is 5.94. The number of piperidine rings is 1. The molecule has 0 amide bonds. The van der Waals surface area contributed by atoms with Crippen molar-refractivity contribution in [3.8, 4) is 0 Å². The van der Waals surface area contributed by atoms with E-state index in [0.29, 0.717) is 23.7 Å². The van der Waals surface area contributed by atoms with Crippen molar-refractivity contribution in [1.29, 1.82) is 0 Å². The van der Waals surface area contributed by atoms with Crippen LogP contribution in [0.3, 0.4) is 0 Å². The van der Waals surface area contributed by atoms with Crippen LogP contribution in [0.15, 0.2) is 51.1 Å². The van der Waals surface area contributed by atoms with E-state index in [-0.39, 0.29) is 15.2 Å². The van der Waals surface area contributed by atoms with E-state index in [4.69, 9.17) is 0 Å². The minimum Gasteiger partial charge on any atom is -0.369 e. The molecule has 2 aromatic carbocycles. The average molecular weight is 471 g/mol. The van der Waals surface area contributed by atoms with E-state index in [9.17, 15) is 13.2 Å². The van der Waals surface area contributed by atoms with Crippen LogP contribution < -0.4 is 10.3 Å². The number of nitrogens with zero attached hydrogens (tertiary/aromatic N) is 2. The molecule has 0 atom stereocenters. The van der Waals surface area contributed by atoms with Gasteiger partial charge in [-0.1, -0.05) is 19.9 Å². The Bertz CT molecular complexity index is 1370. The molecule has 33 heavy (non-hydrogen) atoms. The lowest BCUT2D eigenvalue weighted by Gasteiger charge is -2.32. The molecule has 1 aliphatic rings. The highest BCUT2D eigenvalue weighted by molar-refractivity contribution is 7.91. The molecule has 0 N–H and O–H groups in total. The summed E-state index contributed by atoms with van der Waals surface area (Å²) in [6.45, 7) is 9.97. The van der Waals surface area contributed by atoms with Gasteiger partial charge in [-0.05, 0) is 74.4 Å². The molecule has 1 aromatic heterocycles. The Kier molecular flexibility index (Phi) is 6.36. The maximum Gasteiger partial charge on any atom is 0.211 e. The van der Waals surface area contributed by atoms with Crippen LogP contribution in [0.5, 0.6) is 0 Å². The van der Waals surface area contributed by atoms with Crippen LogP contribution in [-0.2, 0) is 16.4 Å². The topological polar surface area (TPSA) is 59.4 Å². The number of fused-ring (bicyclic) bond motifs is 1. The van der Waals surface area contributed by atoms with Crippen LogP contribution in [0.25, 0.3) is 10.9 Å². The number of benzene rings is 2. The third-order valence-electron chi connectivity index (χ3n) is 6.78.